The number of piperidine rings is 1. The maximum absolute atomic E-state index is 12.7. The maximum Gasteiger partial charge on any atom is 0.274 e. The predicted octanol–water partition coefficient (Wildman–Crippen LogP) is 1.64. The number of likely N-dealkylation sites (tertiary alicyclic amines) is 2. The van der Waals surface area contributed by atoms with Crippen LogP contribution in [-0.2, 0) is 0 Å². The summed E-state index contributed by atoms with van der Waals surface area (Å²) in [4.78, 5) is 41.3. The summed E-state index contributed by atoms with van der Waals surface area (Å²) in [7, 11) is 0. The molecular weight excluding hydrogens is 330 g/mol. The van der Waals surface area contributed by atoms with Gasteiger partial charge in [-0.15, -0.1) is 0 Å². The lowest BCUT2D eigenvalue weighted by Gasteiger charge is -2.40. The van der Waals surface area contributed by atoms with Crippen molar-refractivity contribution >= 4 is 11.8 Å². The van der Waals surface area contributed by atoms with Crippen molar-refractivity contribution in [3.05, 3.63) is 54.4 Å². The molecule has 7 nitrogen and oxygen atoms in total. The topological polar surface area (TPSA) is 79.3 Å². The summed E-state index contributed by atoms with van der Waals surface area (Å²) in [6, 6.07) is 3.50. The van der Waals surface area contributed by atoms with Crippen LogP contribution in [0.2, 0.25) is 0 Å². The Labute approximate surface area is 152 Å². The van der Waals surface area contributed by atoms with Gasteiger partial charge in [0.05, 0.1) is 6.20 Å². The van der Waals surface area contributed by atoms with Gasteiger partial charge in [0.15, 0.2) is 0 Å². The second-order valence-corrected chi connectivity index (χ2v) is 7.13. The third-order valence-electron chi connectivity index (χ3n) is 5.38. The van der Waals surface area contributed by atoms with E-state index in [9.17, 15) is 9.59 Å². The minimum atomic E-state index is -0.0731. The molecule has 0 aromatic carbocycles. The molecule has 134 valence electrons. The van der Waals surface area contributed by atoms with E-state index in [4.69, 9.17) is 0 Å². The second kappa shape index (κ2) is 6.82. The number of amides is 2. The fraction of sp³-hybridized carbons (Fsp3) is 0.421. The summed E-state index contributed by atoms with van der Waals surface area (Å²) >= 11 is 0. The zero-order chi connectivity index (χ0) is 18.0. The number of pyridine rings is 1. The lowest BCUT2D eigenvalue weighted by molar-refractivity contribution is 0.0510. The quantitative estimate of drug-likeness (QED) is 0.822. The van der Waals surface area contributed by atoms with Crippen LogP contribution in [0.15, 0.2) is 43.1 Å². The van der Waals surface area contributed by atoms with E-state index in [2.05, 4.69) is 15.0 Å². The Morgan fingerprint density at radius 3 is 2.38 bits per heavy atom. The molecule has 0 saturated carbocycles. The summed E-state index contributed by atoms with van der Waals surface area (Å²) in [5, 5.41) is 0. The average Bonchev–Trinajstić information content (AvgIpc) is 3.11. The molecule has 2 aliphatic heterocycles. The molecule has 2 aromatic heterocycles. The summed E-state index contributed by atoms with van der Waals surface area (Å²) < 4.78 is 0. The average molecular weight is 351 g/mol. The summed E-state index contributed by atoms with van der Waals surface area (Å²) in [6.07, 6.45) is 10.8. The largest absolute Gasteiger partial charge is 0.338 e. The van der Waals surface area contributed by atoms with Gasteiger partial charge in [-0.25, -0.2) is 4.98 Å². The van der Waals surface area contributed by atoms with Crippen molar-refractivity contribution < 1.29 is 9.59 Å². The highest BCUT2D eigenvalue weighted by Gasteiger charge is 2.44. The first kappa shape index (κ1) is 16.6. The number of rotatable bonds is 2. The molecule has 4 rings (SSSR count). The highest BCUT2D eigenvalue weighted by Crippen LogP contribution is 2.39. The second-order valence-electron chi connectivity index (χ2n) is 7.13. The van der Waals surface area contributed by atoms with Gasteiger partial charge in [0.25, 0.3) is 11.8 Å². The molecular formula is C19H21N5O2. The first-order valence-corrected chi connectivity index (χ1v) is 8.92. The standard InChI is InChI=1S/C19H21N5O2/c25-17(15-2-6-20-7-3-15)24-11-5-19(14-24)4-1-10-23(13-19)18(26)16-12-21-8-9-22-16/h2-3,6-9,12H,1,4-5,10-11,13-14H2/t19-/m0/s1. The molecule has 0 radical (unpaired) electrons. The fourth-order valence-corrected chi connectivity index (χ4v) is 4.07. The highest BCUT2D eigenvalue weighted by atomic mass is 16.2. The molecule has 2 saturated heterocycles. The number of aromatic nitrogens is 3. The Morgan fingerprint density at radius 1 is 0.885 bits per heavy atom. The van der Waals surface area contributed by atoms with E-state index in [1.165, 1.54) is 12.4 Å². The van der Waals surface area contributed by atoms with Gasteiger partial charge in [-0.1, -0.05) is 0 Å². The van der Waals surface area contributed by atoms with Crippen LogP contribution in [0.5, 0.6) is 0 Å². The maximum atomic E-state index is 12.7. The summed E-state index contributed by atoms with van der Waals surface area (Å²) in [5.74, 6) is -0.0299. The van der Waals surface area contributed by atoms with Crippen LogP contribution in [0.25, 0.3) is 0 Å². The van der Waals surface area contributed by atoms with Crippen molar-refractivity contribution in [2.75, 3.05) is 26.2 Å². The number of hydrogen-bond donors (Lipinski definition) is 0. The van der Waals surface area contributed by atoms with E-state index in [0.29, 0.717) is 24.3 Å². The molecule has 2 amide bonds. The SMILES string of the molecule is O=C(c1ccncc1)N1CC[C@]2(CCCN(C(=O)c3cnccn3)C2)C1. The van der Waals surface area contributed by atoms with E-state index in [1.807, 2.05) is 9.80 Å². The smallest absolute Gasteiger partial charge is 0.274 e. The van der Waals surface area contributed by atoms with E-state index in [0.717, 1.165) is 32.4 Å². The number of hydrogen-bond acceptors (Lipinski definition) is 5. The van der Waals surface area contributed by atoms with Crippen LogP contribution in [-0.4, -0.2) is 62.7 Å². The van der Waals surface area contributed by atoms with E-state index in [1.54, 1.807) is 30.7 Å². The Morgan fingerprint density at radius 2 is 1.65 bits per heavy atom. The van der Waals surface area contributed by atoms with Crippen molar-refractivity contribution in [2.45, 2.75) is 19.3 Å². The van der Waals surface area contributed by atoms with Crippen molar-refractivity contribution in [2.24, 2.45) is 5.41 Å². The molecule has 0 aliphatic carbocycles. The van der Waals surface area contributed by atoms with Gasteiger partial charge in [0.1, 0.15) is 5.69 Å². The van der Waals surface area contributed by atoms with Crippen LogP contribution in [0.3, 0.4) is 0 Å². The molecule has 4 heterocycles. The lowest BCUT2D eigenvalue weighted by Crippen LogP contribution is -2.48. The van der Waals surface area contributed by atoms with Gasteiger partial charge in [-0.05, 0) is 31.4 Å². The zero-order valence-electron chi connectivity index (χ0n) is 14.5. The zero-order valence-corrected chi connectivity index (χ0v) is 14.5. The molecule has 2 aliphatic rings. The normalized spacial score (nSPS) is 22.6. The van der Waals surface area contributed by atoms with Gasteiger partial charge in [-0.2, -0.15) is 0 Å². The molecule has 26 heavy (non-hydrogen) atoms. The third kappa shape index (κ3) is 3.16. The highest BCUT2D eigenvalue weighted by molar-refractivity contribution is 5.94. The Balaban J connectivity index is 1.46. The molecule has 1 spiro atoms. The Bertz CT molecular complexity index is 798. The van der Waals surface area contributed by atoms with E-state index < -0.39 is 0 Å². The fourth-order valence-electron chi connectivity index (χ4n) is 4.07. The van der Waals surface area contributed by atoms with Crippen molar-refractivity contribution in [3.8, 4) is 0 Å². The molecule has 1 atom stereocenters. The Hall–Kier alpha value is -2.83. The third-order valence-corrected chi connectivity index (χ3v) is 5.38. The number of carbonyl (C=O) groups is 2. The monoisotopic (exact) mass is 351 g/mol. The van der Waals surface area contributed by atoms with Crippen molar-refractivity contribution in [1.82, 2.24) is 24.8 Å². The minimum absolute atomic E-state index is 0.0151. The van der Waals surface area contributed by atoms with Crippen LogP contribution in [0, 0.1) is 5.41 Å². The molecule has 7 heteroatoms. The summed E-state index contributed by atoms with van der Waals surface area (Å²) in [5.41, 5.74) is 1.03. The first-order chi connectivity index (χ1) is 12.7. The van der Waals surface area contributed by atoms with Crippen LogP contribution in [0.1, 0.15) is 40.1 Å². The van der Waals surface area contributed by atoms with Gasteiger partial charge in [-0.3, -0.25) is 19.6 Å². The minimum Gasteiger partial charge on any atom is -0.338 e. The van der Waals surface area contributed by atoms with Crippen LogP contribution < -0.4 is 0 Å². The van der Waals surface area contributed by atoms with Gasteiger partial charge < -0.3 is 9.80 Å². The van der Waals surface area contributed by atoms with Crippen molar-refractivity contribution in [3.63, 3.8) is 0 Å². The van der Waals surface area contributed by atoms with E-state index >= 15 is 0 Å². The predicted molar refractivity (Wildman–Crippen MR) is 94.4 cm³/mol. The van der Waals surface area contributed by atoms with Crippen LogP contribution in [0.4, 0.5) is 0 Å². The van der Waals surface area contributed by atoms with Gasteiger partial charge in [0, 0.05) is 61.9 Å². The molecule has 0 unspecified atom stereocenters. The molecule has 2 aromatic rings. The number of nitrogens with zero attached hydrogens (tertiary/aromatic N) is 5. The van der Waals surface area contributed by atoms with Gasteiger partial charge >= 0.3 is 0 Å². The molecule has 2 fully saturated rings. The number of carbonyl (C=O) groups excluding carboxylic acids is 2. The summed E-state index contributed by atoms with van der Waals surface area (Å²) in [6.45, 7) is 2.82. The van der Waals surface area contributed by atoms with Crippen LogP contribution >= 0.6 is 0 Å². The molecule has 0 N–H and O–H groups in total. The van der Waals surface area contributed by atoms with Gasteiger partial charge in [0.2, 0.25) is 0 Å². The van der Waals surface area contributed by atoms with Crippen molar-refractivity contribution in [1.29, 1.82) is 0 Å². The lowest BCUT2D eigenvalue weighted by atomic mass is 9.79. The van der Waals surface area contributed by atoms with E-state index in [-0.39, 0.29) is 17.2 Å². The Kier molecular flexibility index (Phi) is 4.36. The first-order valence-electron chi connectivity index (χ1n) is 8.92. The molecule has 0 bridgehead atoms.